The number of hydrogen-bond donors (Lipinski definition) is 2. The Labute approximate surface area is 112 Å². The van der Waals surface area contributed by atoms with Crippen LogP contribution in [0.1, 0.15) is 24.8 Å². The smallest absolute Gasteiger partial charge is 0.0474 e. The molecular formula is C13H17Cl2NO. The van der Waals surface area contributed by atoms with Gasteiger partial charge in [0, 0.05) is 29.2 Å². The Morgan fingerprint density at radius 1 is 1.18 bits per heavy atom. The zero-order chi connectivity index (χ0) is 12.3. The van der Waals surface area contributed by atoms with Crippen LogP contribution in [-0.2, 0) is 6.54 Å². The standard InChI is InChI=1S/C13H17Cl2NO/c14-11-4-9(5-12(15)6-11)7-16-13-3-1-2-10(13)8-17/h4-6,10,13,16-17H,1-3,7-8H2. The monoisotopic (exact) mass is 273 g/mol. The molecule has 2 atom stereocenters. The summed E-state index contributed by atoms with van der Waals surface area (Å²) in [5, 5.41) is 14.0. The fraction of sp³-hybridized carbons (Fsp3) is 0.538. The average Bonchev–Trinajstić information content (AvgIpc) is 2.72. The van der Waals surface area contributed by atoms with Gasteiger partial charge in [-0.3, -0.25) is 0 Å². The Hall–Kier alpha value is -0.280. The lowest BCUT2D eigenvalue weighted by atomic mass is 10.0. The highest BCUT2D eigenvalue weighted by Gasteiger charge is 2.25. The van der Waals surface area contributed by atoms with E-state index in [1.165, 1.54) is 6.42 Å². The second kappa shape index (κ2) is 6.05. The first-order valence-electron chi connectivity index (χ1n) is 5.98. The second-order valence-electron chi connectivity index (χ2n) is 4.64. The van der Waals surface area contributed by atoms with Crippen LogP contribution >= 0.6 is 23.2 Å². The van der Waals surface area contributed by atoms with Crippen LogP contribution in [0.3, 0.4) is 0 Å². The number of benzene rings is 1. The summed E-state index contributed by atoms with van der Waals surface area (Å²) in [5.41, 5.74) is 1.09. The quantitative estimate of drug-likeness (QED) is 0.883. The van der Waals surface area contributed by atoms with Crippen molar-refractivity contribution in [3.05, 3.63) is 33.8 Å². The third-order valence-corrected chi connectivity index (χ3v) is 3.82. The zero-order valence-electron chi connectivity index (χ0n) is 9.63. The van der Waals surface area contributed by atoms with Crippen molar-refractivity contribution >= 4 is 23.2 Å². The Kier molecular flexibility index (Phi) is 4.69. The Balaban J connectivity index is 1.93. The summed E-state index contributed by atoms with van der Waals surface area (Å²) in [6.45, 7) is 1.02. The van der Waals surface area contributed by atoms with E-state index in [-0.39, 0.29) is 6.61 Å². The number of rotatable bonds is 4. The van der Waals surface area contributed by atoms with Gasteiger partial charge in [-0.1, -0.05) is 29.6 Å². The minimum absolute atomic E-state index is 0.272. The van der Waals surface area contributed by atoms with Crippen LogP contribution in [0.2, 0.25) is 10.0 Å². The molecule has 0 aliphatic heterocycles. The molecule has 0 heterocycles. The maximum atomic E-state index is 9.24. The van der Waals surface area contributed by atoms with Crippen LogP contribution < -0.4 is 5.32 Å². The maximum Gasteiger partial charge on any atom is 0.0474 e. The van der Waals surface area contributed by atoms with Crippen molar-refractivity contribution in [1.29, 1.82) is 0 Å². The summed E-state index contributed by atoms with van der Waals surface area (Å²) in [4.78, 5) is 0. The normalized spacial score (nSPS) is 24.2. The first-order valence-corrected chi connectivity index (χ1v) is 6.74. The van der Waals surface area contributed by atoms with Gasteiger partial charge in [0.05, 0.1) is 0 Å². The highest BCUT2D eigenvalue weighted by atomic mass is 35.5. The van der Waals surface area contributed by atoms with Gasteiger partial charge in [-0.05, 0) is 42.5 Å². The number of aliphatic hydroxyl groups excluding tert-OH is 1. The van der Waals surface area contributed by atoms with E-state index in [4.69, 9.17) is 23.2 Å². The minimum atomic E-state index is 0.272. The van der Waals surface area contributed by atoms with E-state index < -0.39 is 0 Å². The predicted octanol–water partition coefficient (Wildman–Crippen LogP) is 3.24. The zero-order valence-corrected chi connectivity index (χ0v) is 11.1. The SMILES string of the molecule is OCC1CCCC1NCc1cc(Cl)cc(Cl)c1. The highest BCUT2D eigenvalue weighted by Crippen LogP contribution is 2.26. The molecule has 1 fully saturated rings. The van der Waals surface area contributed by atoms with Crippen LogP contribution in [0.25, 0.3) is 0 Å². The maximum absolute atomic E-state index is 9.24. The molecule has 0 aromatic heterocycles. The molecule has 1 aromatic rings. The van der Waals surface area contributed by atoms with Gasteiger partial charge >= 0.3 is 0 Å². The number of hydrogen-bond acceptors (Lipinski definition) is 2. The molecule has 2 nitrogen and oxygen atoms in total. The summed E-state index contributed by atoms with van der Waals surface area (Å²) >= 11 is 11.9. The summed E-state index contributed by atoms with van der Waals surface area (Å²) in [7, 11) is 0. The Bertz CT molecular complexity index is 363. The lowest BCUT2D eigenvalue weighted by molar-refractivity contribution is 0.205. The third-order valence-electron chi connectivity index (χ3n) is 3.38. The van der Waals surface area contributed by atoms with Gasteiger partial charge in [-0.25, -0.2) is 0 Å². The van der Waals surface area contributed by atoms with Crippen molar-refractivity contribution in [2.75, 3.05) is 6.61 Å². The first-order chi connectivity index (χ1) is 8.19. The topological polar surface area (TPSA) is 32.3 Å². The van der Waals surface area contributed by atoms with Crippen LogP contribution in [0.4, 0.5) is 0 Å². The molecule has 1 aliphatic carbocycles. The number of aliphatic hydroxyl groups is 1. The van der Waals surface area contributed by atoms with E-state index >= 15 is 0 Å². The minimum Gasteiger partial charge on any atom is -0.396 e. The molecular weight excluding hydrogens is 257 g/mol. The fourth-order valence-corrected chi connectivity index (χ4v) is 3.06. The second-order valence-corrected chi connectivity index (χ2v) is 5.51. The van der Waals surface area contributed by atoms with Crippen molar-refractivity contribution in [1.82, 2.24) is 5.32 Å². The molecule has 1 aromatic carbocycles. The molecule has 2 N–H and O–H groups in total. The molecule has 0 amide bonds. The van der Waals surface area contributed by atoms with E-state index in [2.05, 4.69) is 5.32 Å². The molecule has 0 saturated heterocycles. The lowest BCUT2D eigenvalue weighted by Crippen LogP contribution is -2.33. The first kappa shape index (κ1) is 13.2. The molecule has 2 rings (SSSR count). The largest absolute Gasteiger partial charge is 0.396 e. The van der Waals surface area contributed by atoms with E-state index in [0.29, 0.717) is 22.0 Å². The molecule has 17 heavy (non-hydrogen) atoms. The van der Waals surface area contributed by atoms with Gasteiger partial charge in [-0.15, -0.1) is 0 Å². The summed E-state index contributed by atoms with van der Waals surface area (Å²) in [6.07, 6.45) is 3.45. The van der Waals surface area contributed by atoms with Gasteiger partial charge in [0.1, 0.15) is 0 Å². The van der Waals surface area contributed by atoms with Crippen LogP contribution in [0, 0.1) is 5.92 Å². The van der Waals surface area contributed by atoms with Crippen LogP contribution in [0.5, 0.6) is 0 Å². The van der Waals surface area contributed by atoms with E-state index in [0.717, 1.165) is 24.9 Å². The molecule has 0 bridgehead atoms. The summed E-state index contributed by atoms with van der Waals surface area (Å²) in [5.74, 6) is 0.393. The van der Waals surface area contributed by atoms with Gasteiger partial charge in [-0.2, -0.15) is 0 Å². The van der Waals surface area contributed by atoms with Crippen molar-refractivity contribution in [3.63, 3.8) is 0 Å². The van der Waals surface area contributed by atoms with Crippen molar-refractivity contribution in [3.8, 4) is 0 Å². The van der Waals surface area contributed by atoms with Gasteiger partial charge in [0.25, 0.3) is 0 Å². The van der Waals surface area contributed by atoms with Gasteiger partial charge < -0.3 is 10.4 Å². The van der Waals surface area contributed by atoms with Crippen molar-refractivity contribution in [2.45, 2.75) is 31.8 Å². The van der Waals surface area contributed by atoms with Crippen LogP contribution in [-0.4, -0.2) is 17.8 Å². The fourth-order valence-electron chi connectivity index (χ4n) is 2.49. The van der Waals surface area contributed by atoms with Gasteiger partial charge in [0.15, 0.2) is 0 Å². The molecule has 0 spiro atoms. The highest BCUT2D eigenvalue weighted by molar-refractivity contribution is 6.34. The lowest BCUT2D eigenvalue weighted by Gasteiger charge is -2.19. The van der Waals surface area contributed by atoms with E-state index in [9.17, 15) is 5.11 Å². The van der Waals surface area contributed by atoms with Crippen molar-refractivity contribution < 1.29 is 5.11 Å². The Morgan fingerprint density at radius 3 is 2.53 bits per heavy atom. The molecule has 0 radical (unpaired) electrons. The molecule has 1 aliphatic rings. The summed E-state index contributed by atoms with van der Waals surface area (Å²) < 4.78 is 0. The number of halogens is 2. The van der Waals surface area contributed by atoms with Gasteiger partial charge in [0.2, 0.25) is 0 Å². The molecule has 94 valence electrons. The Morgan fingerprint density at radius 2 is 1.88 bits per heavy atom. The predicted molar refractivity (Wildman–Crippen MR) is 71.5 cm³/mol. The molecule has 2 unspecified atom stereocenters. The third kappa shape index (κ3) is 3.59. The molecule has 4 heteroatoms. The number of nitrogens with one attached hydrogen (secondary N) is 1. The van der Waals surface area contributed by atoms with E-state index in [1.807, 2.05) is 12.1 Å². The van der Waals surface area contributed by atoms with Crippen molar-refractivity contribution in [2.24, 2.45) is 5.92 Å². The average molecular weight is 274 g/mol. The van der Waals surface area contributed by atoms with Crippen LogP contribution in [0.15, 0.2) is 18.2 Å². The summed E-state index contributed by atoms with van der Waals surface area (Å²) in [6, 6.07) is 5.99. The molecule has 1 saturated carbocycles. The van der Waals surface area contributed by atoms with E-state index in [1.54, 1.807) is 6.07 Å².